The number of nitrogens with one attached hydrogen (secondary N) is 1. The lowest BCUT2D eigenvalue weighted by Gasteiger charge is -2.33. The predicted molar refractivity (Wildman–Crippen MR) is 87.7 cm³/mol. The Bertz CT molecular complexity index is 503. The summed E-state index contributed by atoms with van der Waals surface area (Å²) in [4.78, 5) is 15.3. The van der Waals surface area contributed by atoms with Crippen LogP contribution in [0.5, 0.6) is 0 Å². The Morgan fingerprint density at radius 3 is 2.62 bits per heavy atom. The average Bonchev–Trinajstić information content (AvgIpc) is 2.95. The number of hydrogen-bond donors (Lipinski definition) is 1. The molecular weight excluding hydrogens is 260 g/mol. The zero-order valence-corrected chi connectivity index (χ0v) is 13.2. The first-order valence-electron chi connectivity index (χ1n) is 7.87. The van der Waals surface area contributed by atoms with Crippen molar-refractivity contribution in [3.8, 4) is 0 Å². The van der Waals surface area contributed by atoms with Gasteiger partial charge in [0.1, 0.15) is 0 Å². The highest BCUT2D eigenvalue weighted by molar-refractivity contribution is 5.95. The van der Waals surface area contributed by atoms with Crippen LogP contribution in [-0.4, -0.2) is 29.9 Å². The van der Waals surface area contributed by atoms with Gasteiger partial charge in [-0.25, -0.2) is 0 Å². The van der Waals surface area contributed by atoms with Crippen LogP contribution >= 0.6 is 0 Å². The van der Waals surface area contributed by atoms with Gasteiger partial charge in [-0.15, -0.1) is 0 Å². The lowest BCUT2D eigenvalue weighted by Crippen LogP contribution is -2.44. The molecule has 1 spiro atoms. The van der Waals surface area contributed by atoms with Crippen molar-refractivity contribution in [2.45, 2.75) is 39.2 Å². The summed E-state index contributed by atoms with van der Waals surface area (Å²) in [6.07, 6.45) is 10.4. The van der Waals surface area contributed by atoms with E-state index in [4.69, 9.17) is 0 Å². The van der Waals surface area contributed by atoms with Gasteiger partial charge in [-0.05, 0) is 37.6 Å². The molecule has 2 rings (SSSR count). The van der Waals surface area contributed by atoms with Crippen molar-refractivity contribution in [1.82, 2.24) is 10.2 Å². The van der Waals surface area contributed by atoms with E-state index >= 15 is 0 Å². The van der Waals surface area contributed by atoms with Gasteiger partial charge in [0.15, 0.2) is 0 Å². The summed E-state index contributed by atoms with van der Waals surface area (Å²) >= 11 is 0. The van der Waals surface area contributed by atoms with E-state index in [1.54, 1.807) is 12.2 Å². The van der Waals surface area contributed by atoms with E-state index in [9.17, 15) is 4.79 Å². The predicted octanol–water partition coefficient (Wildman–Crippen LogP) is 3.18. The van der Waals surface area contributed by atoms with Gasteiger partial charge in [0.05, 0.1) is 5.41 Å². The molecule has 0 aromatic carbocycles. The molecule has 21 heavy (non-hydrogen) atoms. The van der Waals surface area contributed by atoms with Crippen molar-refractivity contribution in [2.24, 2.45) is 5.41 Å². The topological polar surface area (TPSA) is 32.3 Å². The summed E-state index contributed by atoms with van der Waals surface area (Å²) in [6, 6.07) is 0.273. The minimum Gasteiger partial charge on any atom is -0.325 e. The number of allylic oxidation sites excluding steroid dienone is 5. The minimum atomic E-state index is -0.422. The molecule has 2 aliphatic rings. The first-order chi connectivity index (χ1) is 10.1. The Balaban J connectivity index is 2.54. The maximum absolute atomic E-state index is 12.8. The van der Waals surface area contributed by atoms with Gasteiger partial charge in [-0.2, -0.15) is 0 Å². The molecule has 1 N–H and O–H groups in total. The Morgan fingerprint density at radius 2 is 2.05 bits per heavy atom. The summed E-state index contributed by atoms with van der Waals surface area (Å²) in [5.74, 6) is 0.137. The molecule has 0 bridgehead atoms. The first-order valence-corrected chi connectivity index (χ1v) is 7.87. The minimum absolute atomic E-state index is 0.137. The second-order valence-corrected chi connectivity index (χ2v) is 5.74. The average molecular weight is 286 g/mol. The summed E-state index contributed by atoms with van der Waals surface area (Å²) in [6.45, 7) is 13.9. The molecule has 2 heterocycles. The number of nitrogens with zero attached hydrogens (tertiary/aromatic N) is 1. The number of carbonyl (C=O) groups is 1. The number of carbonyl (C=O) groups excluding carboxylic acids is 1. The first kappa shape index (κ1) is 15.8. The van der Waals surface area contributed by atoms with Crippen molar-refractivity contribution in [2.75, 3.05) is 13.1 Å². The Morgan fingerprint density at radius 1 is 1.33 bits per heavy atom. The van der Waals surface area contributed by atoms with Crippen molar-refractivity contribution < 1.29 is 4.79 Å². The lowest BCUT2D eigenvalue weighted by molar-refractivity contribution is -0.127. The van der Waals surface area contributed by atoms with E-state index in [0.717, 1.165) is 43.6 Å². The second-order valence-electron chi connectivity index (χ2n) is 5.74. The van der Waals surface area contributed by atoms with Crippen molar-refractivity contribution in [3.05, 3.63) is 48.7 Å². The summed E-state index contributed by atoms with van der Waals surface area (Å²) in [5.41, 5.74) is 1.54. The zero-order valence-electron chi connectivity index (χ0n) is 13.2. The lowest BCUT2D eigenvalue weighted by atomic mass is 9.72. The fourth-order valence-electron chi connectivity index (χ4n) is 3.88. The molecular formula is C18H26N2O. The number of hydrogen-bond acceptors (Lipinski definition) is 2. The highest BCUT2D eigenvalue weighted by Gasteiger charge is 2.58. The molecule has 2 saturated heterocycles. The fraction of sp³-hybridized carbons (Fsp3) is 0.500. The Hall–Kier alpha value is -1.61. The van der Waals surface area contributed by atoms with Gasteiger partial charge in [-0.1, -0.05) is 51.7 Å². The number of rotatable bonds is 5. The van der Waals surface area contributed by atoms with Gasteiger partial charge in [0.25, 0.3) is 0 Å². The molecule has 0 radical (unpaired) electrons. The molecule has 2 fully saturated rings. The Kier molecular flexibility index (Phi) is 4.84. The van der Waals surface area contributed by atoms with E-state index in [2.05, 4.69) is 37.2 Å². The summed E-state index contributed by atoms with van der Waals surface area (Å²) in [7, 11) is 0. The quantitative estimate of drug-likeness (QED) is 0.842. The van der Waals surface area contributed by atoms with Crippen LogP contribution in [0.15, 0.2) is 48.7 Å². The summed E-state index contributed by atoms with van der Waals surface area (Å²) < 4.78 is 0. The van der Waals surface area contributed by atoms with E-state index < -0.39 is 5.41 Å². The van der Waals surface area contributed by atoms with Crippen molar-refractivity contribution >= 4 is 5.91 Å². The van der Waals surface area contributed by atoms with Crippen LogP contribution in [0.1, 0.15) is 33.1 Å². The van der Waals surface area contributed by atoms with E-state index in [0.29, 0.717) is 0 Å². The molecule has 2 unspecified atom stereocenters. The normalized spacial score (nSPS) is 33.0. The van der Waals surface area contributed by atoms with E-state index in [1.165, 1.54) is 0 Å². The SMILES string of the molecule is C=C/C=C1\C(=C/C=C)NC(=O)C12CCN(CC)C2CCC. The second kappa shape index (κ2) is 6.44. The third-order valence-electron chi connectivity index (χ3n) is 4.76. The van der Waals surface area contributed by atoms with Crippen LogP contribution in [0.2, 0.25) is 0 Å². The third-order valence-corrected chi connectivity index (χ3v) is 4.76. The number of amides is 1. The molecule has 2 aliphatic heterocycles. The summed E-state index contributed by atoms with van der Waals surface area (Å²) in [5, 5.41) is 3.06. The molecule has 3 nitrogen and oxygen atoms in total. The highest BCUT2D eigenvalue weighted by atomic mass is 16.2. The molecule has 0 aromatic heterocycles. The fourth-order valence-corrected chi connectivity index (χ4v) is 3.88. The van der Waals surface area contributed by atoms with Gasteiger partial charge < -0.3 is 5.32 Å². The largest absolute Gasteiger partial charge is 0.325 e. The van der Waals surface area contributed by atoms with Crippen LogP contribution in [0.3, 0.4) is 0 Å². The molecule has 0 aromatic rings. The van der Waals surface area contributed by atoms with Crippen LogP contribution in [-0.2, 0) is 4.79 Å². The molecule has 0 aliphatic carbocycles. The highest BCUT2D eigenvalue weighted by Crippen LogP contribution is 2.50. The van der Waals surface area contributed by atoms with Gasteiger partial charge in [-0.3, -0.25) is 9.69 Å². The van der Waals surface area contributed by atoms with Crippen LogP contribution in [0.25, 0.3) is 0 Å². The third kappa shape index (κ3) is 2.40. The molecule has 114 valence electrons. The van der Waals surface area contributed by atoms with E-state index in [-0.39, 0.29) is 11.9 Å². The smallest absolute Gasteiger partial charge is 0.236 e. The van der Waals surface area contributed by atoms with Gasteiger partial charge >= 0.3 is 0 Å². The maximum Gasteiger partial charge on any atom is 0.236 e. The van der Waals surface area contributed by atoms with Crippen LogP contribution in [0, 0.1) is 5.41 Å². The van der Waals surface area contributed by atoms with Crippen molar-refractivity contribution in [3.63, 3.8) is 0 Å². The van der Waals surface area contributed by atoms with Crippen LogP contribution < -0.4 is 5.32 Å². The standard InChI is InChI=1S/C18H26N2O/c1-5-9-14-15(10-6-2)19-17(21)18(14)12-13-20(8-4)16(18)11-7-3/h5-6,9-10,16H,1-2,7-8,11-13H2,3-4H3,(H,19,21)/b14-9+,15-10+. The van der Waals surface area contributed by atoms with Gasteiger partial charge in [0, 0.05) is 11.7 Å². The molecule has 3 heteroatoms. The van der Waals surface area contributed by atoms with Crippen LogP contribution in [0.4, 0.5) is 0 Å². The van der Waals surface area contributed by atoms with Crippen molar-refractivity contribution in [1.29, 1.82) is 0 Å². The number of likely N-dealkylation sites (tertiary alicyclic amines) is 1. The zero-order chi connectivity index (χ0) is 15.5. The van der Waals surface area contributed by atoms with E-state index in [1.807, 2.05) is 12.2 Å². The molecule has 2 atom stereocenters. The molecule has 1 amide bonds. The monoisotopic (exact) mass is 286 g/mol. The van der Waals surface area contributed by atoms with Gasteiger partial charge in [0.2, 0.25) is 5.91 Å². The maximum atomic E-state index is 12.8. The Labute approximate surface area is 128 Å². The molecule has 0 saturated carbocycles.